The molecule has 0 radical (unpaired) electrons. The van der Waals surface area contributed by atoms with Gasteiger partial charge in [0.2, 0.25) is 0 Å². The van der Waals surface area contributed by atoms with Gasteiger partial charge in [0, 0.05) is 48.0 Å². The third-order valence-corrected chi connectivity index (χ3v) is 8.49. The number of pyridine rings is 1. The minimum absolute atomic E-state index is 0.0756. The van der Waals surface area contributed by atoms with Gasteiger partial charge in [-0.15, -0.1) is 11.3 Å². The van der Waals surface area contributed by atoms with Crippen LogP contribution in [0.4, 0.5) is 15.7 Å². The Bertz CT molecular complexity index is 1910. The first-order valence-electron chi connectivity index (χ1n) is 15.8. The van der Waals surface area contributed by atoms with Crippen molar-refractivity contribution in [1.29, 1.82) is 0 Å². The molecule has 13 heteroatoms. The van der Waals surface area contributed by atoms with E-state index in [1.807, 2.05) is 56.6 Å². The molecule has 2 amide bonds. The van der Waals surface area contributed by atoms with Gasteiger partial charge in [-0.1, -0.05) is 18.2 Å². The maximum Gasteiger partial charge on any atom is 0.410 e. The molecule has 2 N–H and O–H groups in total. The Kier molecular flexibility index (Phi) is 9.49. The number of nitrogens with one attached hydrogen (secondary N) is 2. The number of piperidine rings is 1. The van der Waals surface area contributed by atoms with Crippen molar-refractivity contribution >= 4 is 45.3 Å². The molecule has 4 heterocycles. The molecule has 1 fully saturated rings. The van der Waals surface area contributed by atoms with Gasteiger partial charge in [-0.05, 0) is 76.4 Å². The first kappa shape index (κ1) is 32.8. The van der Waals surface area contributed by atoms with Crippen molar-refractivity contribution in [3.8, 4) is 17.2 Å². The van der Waals surface area contributed by atoms with Crippen molar-refractivity contribution in [2.45, 2.75) is 58.7 Å². The first-order valence-corrected chi connectivity index (χ1v) is 16.6. The van der Waals surface area contributed by atoms with Crippen LogP contribution in [0, 0.1) is 6.92 Å². The zero-order chi connectivity index (χ0) is 33.8. The molecule has 6 rings (SSSR count). The van der Waals surface area contributed by atoms with Crippen LogP contribution >= 0.6 is 11.3 Å². The van der Waals surface area contributed by atoms with E-state index in [0.717, 1.165) is 29.0 Å². The molecule has 0 aliphatic carbocycles. The maximum absolute atomic E-state index is 13.0. The number of amides is 2. The first-order chi connectivity index (χ1) is 23.0. The van der Waals surface area contributed by atoms with Crippen molar-refractivity contribution in [2.75, 3.05) is 30.8 Å². The van der Waals surface area contributed by atoms with Crippen LogP contribution in [0.3, 0.4) is 0 Å². The number of carbonyl (C=O) groups excluding carboxylic acids is 2. The normalized spacial score (nSPS) is 14.9. The molecule has 250 valence electrons. The Morgan fingerprint density at radius 3 is 2.60 bits per heavy atom. The molecule has 0 bridgehead atoms. The number of ether oxygens (including phenoxy) is 3. The SMILES string of the molecule is COc1ccc(Cn2nc(NC3CCCN(C(=O)OC(C)(C)C)C3)c3c(Oc4cccc(C(=O)Nc5ncc(C)s5)c4)ccnc32)cc1. The lowest BCUT2D eigenvalue weighted by atomic mass is 10.1. The van der Waals surface area contributed by atoms with E-state index in [-0.39, 0.29) is 18.0 Å². The van der Waals surface area contributed by atoms with Crippen molar-refractivity contribution in [3.63, 3.8) is 0 Å². The van der Waals surface area contributed by atoms with Crippen molar-refractivity contribution in [2.24, 2.45) is 0 Å². The van der Waals surface area contributed by atoms with E-state index in [1.54, 1.807) is 54.7 Å². The predicted octanol–water partition coefficient (Wildman–Crippen LogP) is 7.11. The summed E-state index contributed by atoms with van der Waals surface area (Å²) in [5.74, 6) is 2.08. The highest BCUT2D eigenvalue weighted by molar-refractivity contribution is 7.15. The van der Waals surface area contributed by atoms with Crippen LogP contribution in [0.5, 0.6) is 17.2 Å². The molecular formula is C35H39N7O5S. The fourth-order valence-corrected chi connectivity index (χ4v) is 6.12. The van der Waals surface area contributed by atoms with Gasteiger partial charge in [0.1, 0.15) is 28.2 Å². The topological polar surface area (TPSA) is 133 Å². The van der Waals surface area contributed by atoms with Gasteiger partial charge in [0.25, 0.3) is 5.91 Å². The van der Waals surface area contributed by atoms with Crippen LogP contribution in [-0.4, -0.2) is 68.5 Å². The van der Waals surface area contributed by atoms with Gasteiger partial charge in [-0.2, -0.15) is 5.10 Å². The second-order valence-electron chi connectivity index (χ2n) is 12.6. The Hall–Kier alpha value is -5.17. The monoisotopic (exact) mass is 669 g/mol. The van der Waals surface area contributed by atoms with Crippen LogP contribution in [-0.2, 0) is 11.3 Å². The molecule has 0 spiro atoms. The molecule has 2 aromatic carbocycles. The predicted molar refractivity (Wildman–Crippen MR) is 185 cm³/mol. The molecule has 1 aliphatic rings. The summed E-state index contributed by atoms with van der Waals surface area (Å²) in [5.41, 5.74) is 1.49. The minimum atomic E-state index is -0.580. The van der Waals surface area contributed by atoms with E-state index in [0.29, 0.717) is 58.7 Å². The summed E-state index contributed by atoms with van der Waals surface area (Å²) < 4.78 is 19.3. The zero-order valence-corrected chi connectivity index (χ0v) is 28.5. The zero-order valence-electron chi connectivity index (χ0n) is 27.6. The van der Waals surface area contributed by atoms with Crippen LogP contribution < -0.4 is 20.1 Å². The Labute approximate surface area is 283 Å². The lowest BCUT2D eigenvalue weighted by molar-refractivity contribution is 0.0206. The summed E-state index contributed by atoms with van der Waals surface area (Å²) >= 11 is 1.41. The molecule has 1 unspecified atom stereocenters. The molecule has 0 saturated carbocycles. The smallest absolute Gasteiger partial charge is 0.410 e. The number of rotatable bonds is 9. The van der Waals surface area contributed by atoms with Crippen LogP contribution in [0.1, 0.15) is 54.4 Å². The summed E-state index contributed by atoms with van der Waals surface area (Å²) in [6.45, 7) is 9.08. The number of anilines is 2. The number of carbonyl (C=O) groups is 2. The summed E-state index contributed by atoms with van der Waals surface area (Å²) in [4.78, 5) is 37.6. The van der Waals surface area contributed by atoms with Gasteiger partial charge in [-0.25, -0.2) is 19.4 Å². The minimum Gasteiger partial charge on any atom is -0.497 e. The Balaban J connectivity index is 1.30. The van der Waals surface area contributed by atoms with E-state index in [4.69, 9.17) is 24.3 Å². The standard InChI is InChI=1S/C35H39N7O5S/c1-22-19-37-33(48-22)39-32(43)24-8-6-10-27(18-24)46-28-15-16-36-31-29(28)30(40-42(31)20-23-11-13-26(45-5)14-12-23)38-25-9-7-17-41(21-25)34(44)47-35(2,3)4/h6,8,10-16,18-19,25H,7,9,17,20-21H2,1-5H3,(H,38,40)(H,37,39,43). The number of aryl methyl sites for hydroxylation is 1. The molecule has 1 atom stereocenters. The number of benzene rings is 2. The largest absolute Gasteiger partial charge is 0.497 e. The Morgan fingerprint density at radius 2 is 1.88 bits per heavy atom. The summed E-state index contributed by atoms with van der Waals surface area (Å²) in [5, 5.41) is 12.6. The maximum atomic E-state index is 13.0. The second kappa shape index (κ2) is 13.9. The number of likely N-dealkylation sites (tertiary alicyclic amines) is 1. The molecule has 1 aliphatic heterocycles. The van der Waals surface area contributed by atoms with Gasteiger partial charge < -0.3 is 24.4 Å². The lowest BCUT2D eigenvalue weighted by Crippen LogP contribution is -2.47. The summed E-state index contributed by atoms with van der Waals surface area (Å²) in [7, 11) is 1.64. The number of methoxy groups -OCH3 is 1. The number of fused-ring (bicyclic) bond motifs is 1. The fourth-order valence-electron chi connectivity index (χ4n) is 5.46. The van der Waals surface area contributed by atoms with E-state index < -0.39 is 5.60 Å². The van der Waals surface area contributed by atoms with Gasteiger partial charge >= 0.3 is 6.09 Å². The highest BCUT2D eigenvalue weighted by Crippen LogP contribution is 2.36. The number of nitrogens with zero attached hydrogens (tertiary/aromatic N) is 5. The molecular weight excluding hydrogens is 630 g/mol. The van der Waals surface area contributed by atoms with E-state index >= 15 is 0 Å². The fraction of sp³-hybridized carbons (Fsp3) is 0.343. The number of aromatic nitrogens is 4. The number of hydrogen-bond acceptors (Lipinski definition) is 10. The van der Waals surface area contributed by atoms with Crippen LogP contribution in [0.25, 0.3) is 11.0 Å². The van der Waals surface area contributed by atoms with Gasteiger partial charge in [-0.3, -0.25) is 10.1 Å². The quantitative estimate of drug-likeness (QED) is 0.169. The molecule has 12 nitrogen and oxygen atoms in total. The number of thiazole rings is 1. The molecule has 3 aromatic heterocycles. The highest BCUT2D eigenvalue weighted by atomic mass is 32.1. The van der Waals surface area contributed by atoms with Crippen LogP contribution in [0.2, 0.25) is 0 Å². The van der Waals surface area contributed by atoms with Crippen molar-refractivity contribution in [3.05, 3.63) is 83.0 Å². The third-order valence-electron chi connectivity index (χ3n) is 7.67. The van der Waals surface area contributed by atoms with E-state index in [1.165, 1.54) is 11.3 Å². The summed E-state index contributed by atoms with van der Waals surface area (Å²) in [6, 6.07) is 16.5. The molecule has 5 aromatic rings. The molecule has 48 heavy (non-hydrogen) atoms. The lowest BCUT2D eigenvalue weighted by Gasteiger charge is -2.34. The number of hydrogen-bond donors (Lipinski definition) is 2. The third kappa shape index (κ3) is 7.85. The summed E-state index contributed by atoms with van der Waals surface area (Å²) in [6.07, 6.45) is 4.73. The van der Waals surface area contributed by atoms with Crippen molar-refractivity contribution < 1.29 is 23.8 Å². The average Bonchev–Trinajstić information content (AvgIpc) is 3.63. The highest BCUT2D eigenvalue weighted by Gasteiger charge is 2.29. The van der Waals surface area contributed by atoms with E-state index in [9.17, 15) is 9.59 Å². The van der Waals surface area contributed by atoms with Gasteiger partial charge in [0.05, 0.1) is 13.7 Å². The van der Waals surface area contributed by atoms with E-state index in [2.05, 4.69) is 15.6 Å². The van der Waals surface area contributed by atoms with Gasteiger partial charge in [0.15, 0.2) is 16.6 Å². The van der Waals surface area contributed by atoms with Crippen LogP contribution in [0.15, 0.2) is 67.0 Å². The van der Waals surface area contributed by atoms with Crippen molar-refractivity contribution in [1.82, 2.24) is 24.6 Å². The molecule has 1 saturated heterocycles. The second-order valence-corrected chi connectivity index (χ2v) is 13.9. The Morgan fingerprint density at radius 1 is 1.06 bits per heavy atom. The average molecular weight is 670 g/mol.